The number of carboxylic acid groups (broad SMARTS) is 1. The Morgan fingerprint density at radius 1 is 1.15 bits per heavy atom. The summed E-state index contributed by atoms with van der Waals surface area (Å²) in [7, 11) is 0. The van der Waals surface area contributed by atoms with Crippen LogP contribution in [-0.4, -0.2) is 58.5 Å². The Labute approximate surface area is 228 Å². The van der Waals surface area contributed by atoms with Gasteiger partial charge in [-0.05, 0) is 42.3 Å². The standard InChI is InChI=1S/C27H27F2N7O4/c1-2-17-15-18(3-5-20(17)31-9-13-39-14-10-33-27(37)38)35-25-26-34-16-21(36(26)11-8-32-25)19-4-6-22(40-12-7-30)24(29)23(19)28/h3-6,8,11,15-16,31,33H,2,9-10,12-14H2,1H3,(H,32,35)(H,37,38). The Kier molecular flexibility index (Phi) is 9.27. The SMILES string of the molecule is CCc1cc(Nc2nccn3c(-c4ccc(OCC#N)c(F)c4F)cnc23)ccc1NCCOCCNC(=O)O. The molecule has 0 aliphatic carbocycles. The van der Waals surface area contributed by atoms with Crippen molar-refractivity contribution >= 4 is 28.9 Å². The van der Waals surface area contributed by atoms with Crippen LogP contribution in [0, 0.1) is 23.0 Å². The fourth-order valence-corrected chi connectivity index (χ4v) is 4.02. The van der Waals surface area contributed by atoms with Crippen LogP contribution in [-0.2, 0) is 11.2 Å². The van der Waals surface area contributed by atoms with Gasteiger partial charge < -0.3 is 30.5 Å². The number of nitriles is 1. The van der Waals surface area contributed by atoms with Gasteiger partial charge in [0.25, 0.3) is 0 Å². The molecule has 2 aromatic carbocycles. The van der Waals surface area contributed by atoms with Crippen molar-refractivity contribution in [2.45, 2.75) is 13.3 Å². The van der Waals surface area contributed by atoms with Crippen LogP contribution < -0.4 is 20.7 Å². The van der Waals surface area contributed by atoms with Crippen molar-refractivity contribution in [3.8, 4) is 23.1 Å². The van der Waals surface area contributed by atoms with Crippen molar-refractivity contribution in [1.29, 1.82) is 5.26 Å². The number of aromatic nitrogens is 3. The summed E-state index contributed by atoms with van der Waals surface area (Å²) < 4.78 is 41.4. The summed E-state index contributed by atoms with van der Waals surface area (Å²) in [6.07, 6.45) is 4.24. The lowest BCUT2D eigenvalue weighted by Crippen LogP contribution is -2.26. The summed E-state index contributed by atoms with van der Waals surface area (Å²) >= 11 is 0. The molecule has 4 aromatic rings. The van der Waals surface area contributed by atoms with Crippen LogP contribution in [0.2, 0.25) is 0 Å². The molecular formula is C27H27F2N7O4. The highest BCUT2D eigenvalue weighted by Crippen LogP contribution is 2.32. The first-order valence-electron chi connectivity index (χ1n) is 12.4. The second-order valence-corrected chi connectivity index (χ2v) is 8.42. The number of fused-ring (bicyclic) bond motifs is 1. The predicted molar refractivity (Wildman–Crippen MR) is 144 cm³/mol. The van der Waals surface area contributed by atoms with E-state index in [1.807, 2.05) is 25.1 Å². The van der Waals surface area contributed by atoms with Gasteiger partial charge >= 0.3 is 6.09 Å². The third-order valence-corrected chi connectivity index (χ3v) is 5.88. The van der Waals surface area contributed by atoms with Crippen molar-refractivity contribution in [2.75, 3.05) is 43.5 Å². The normalized spacial score (nSPS) is 10.8. The van der Waals surface area contributed by atoms with Gasteiger partial charge in [-0.3, -0.25) is 4.40 Å². The smallest absolute Gasteiger partial charge is 0.404 e. The molecule has 0 fully saturated rings. The van der Waals surface area contributed by atoms with E-state index in [0.29, 0.717) is 30.3 Å². The lowest BCUT2D eigenvalue weighted by atomic mass is 10.1. The number of carbonyl (C=O) groups is 1. The largest absolute Gasteiger partial charge is 0.476 e. The van der Waals surface area contributed by atoms with Crippen LogP contribution in [0.15, 0.2) is 48.9 Å². The molecule has 13 heteroatoms. The highest BCUT2D eigenvalue weighted by molar-refractivity contribution is 5.75. The monoisotopic (exact) mass is 551 g/mol. The third-order valence-electron chi connectivity index (χ3n) is 5.88. The number of hydrogen-bond donors (Lipinski definition) is 4. The number of hydrogen-bond acceptors (Lipinski definition) is 8. The van der Waals surface area contributed by atoms with Gasteiger partial charge in [0.15, 0.2) is 29.6 Å². The second-order valence-electron chi connectivity index (χ2n) is 8.42. The topological polar surface area (TPSA) is 146 Å². The number of nitrogens with zero attached hydrogens (tertiary/aromatic N) is 4. The van der Waals surface area contributed by atoms with E-state index in [1.165, 1.54) is 24.5 Å². The van der Waals surface area contributed by atoms with E-state index in [4.69, 9.17) is 19.8 Å². The number of benzene rings is 2. The lowest BCUT2D eigenvalue weighted by Gasteiger charge is -2.14. The van der Waals surface area contributed by atoms with Crippen molar-refractivity contribution in [2.24, 2.45) is 0 Å². The van der Waals surface area contributed by atoms with Gasteiger partial charge in [0.2, 0.25) is 5.82 Å². The fourth-order valence-electron chi connectivity index (χ4n) is 4.02. The van der Waals surface area contributed by atoms with E-state index in [0.717, 1.165) is 23.4 Å². The molecule has 2 heterocycles. The van der Waals surface area contributed by atoms with Crippen LogP contribution in [0.1, 0.15) is 12.5 Å². The quantitative estimate of drug-likeness (QED) is 0.175. The number of anilines is 3. The molecule has 4 rings (SSSR count). The maximum absolute atomic E-state index is 14.9. The van der Waals surface area contributed by atoms with E-state index in [1.54, 1.807) is 16.7 Å². The molecule has 0 radical (unpaired) electrons. The molecular weight excluding hydrogens is 524 g/mol. The first kappa shape index (κ1) is 28.1. The highest BCUT2D eigenvalue weighted by atomic mass is 19.2. The maximum atomic E-state index is 14.9. The predicted octanol–water partition coefficient (Wildman–Crippen LogP) is 4.58. The number of halogens is 2. The number of amides is 1. The molecule has 0 aliphatic rings. The summed E-state index contributed by atoms with van der Waals surface area (Å²) in [4.78, 5) is 19.2. The summed E-state index contributed by atoms with van der Waals surface area (Å²) in [5.41, 5.74) is 3.46. The molecule has 0 bridgehead atoms. The summed E-state index contributed by atoms with van der Waals surface area (Å²) in [6, 6.07) is 10.2. The van der Waals surface area contributed by atoms with Crippen LogP contribution in [0.4, 0.5) is 30.8 Å². The molecule has 208 valence electrons. The van der Waals surface area contributed by atoms with Gasteiger partial charge in [0.1, 0.15) is 6.07 Å². The Bertz CT molecular complexity index is 1540. The van der Waals surface area contributed by atoms with Gasteiger partial charge in [0, 0.05) is 42.4 Å². The number of imidazole rings is 1. The van der Waals surface area contributed by atoms with E-state index in [9.17, 15) is 13.6 Å². The minimum atomic E-state index is -1.18. The Morgan fingerprint density at radius 2 is 1.98 bits per heavy atom. The third kappa shape index (κ3) is 6.54. The van der Waals surface area contributed by atoms with Gasteiger partial charge in [-0.25, -0.2) is 19.2 Å². The average Bonchev–Trinajstić information content (AvgIpc) is 3.38. The van der Waals surface area contributed by atoms with Gasteiger partial charge in [0.05, 0.1) is 25.1 Å². The van der Waals surface area contributed by atoms with Crippen molar-refractivity contribution in [1.82, 2.24) is 19.7 Å². The Morgan fingerprint density at radius 3 is 2.75 bits per heavy atom. The second kappa shape index (κ2) is 13.2. The number of aryl methyl sites for hydroxylation is 1. The first-order chi connectivity index (χ1) is 19.4. The average molecular weight is 552 g/mol. The van der Waals surface area contributed by atoms with Crippen LogP contribution in [0.3, 0.4) is 0 Å². The van der Waals surface area contributed by atoms with Gasteiger partial charge in [-0.2, -0.15) is 9.65 Å². The maximum Gasteiger partial charge on any atom is 0.404 e. The first-order valence-corrected chi connectivity index (χ1v) is 12.4. The van der Waals surface area contributed by atoms with Crippen molar-refractivity contribution < 1.29 is 28.2 Å². The number of nitrogens with one attached hydrogen (secondary N) is 3. The molecule has 0 aliphatic heterocycles. The van der Waals surface area contributed by atoms with E-state index in [-0.39, 0.29) is 24.5 Å². The van der Waals surface area contributed by atoms with Crippen LogP contribution >= 0.6 is 0 Å². The molecule has 1 amide bonds. The molecule has 4 N–H and O–H groups in total. The van der Waals surface area contributed by atoms with Crippen molar-refractivity contribution in [3.05, 3.63) is 66.1 Å². The van der Waals surface area contributed by atoms with Crippen molar-refractivity contribution in [3.63, 3.8) is 0 Å². The molecule has 0 spiro atoms. The summed E-state index contributed by atoms with van der Waals surface area (Å²) in [6.45, 7) is 3.11. The van der Waals surface area contributed by atoms with E-state index >= 15 is 0 Å². The molecule has 2 aromatic heterocycles. The molecule has 0 unspecified atom stereocenters. The molecule has 0 saturated heterocycles. The zero-order valence-corrected chi connectivity index (χ0v) is 21.6. The van der Waals surface area contributed by atoms with Crippen LogP contribution in [0.5, 0.6) is 5.75 Å². The summed E-state index contributed by atoms with van der Waals surface area (Å²) in [5, 5.41) is 26.0. The molecule has 0 saturated carbocycles. The zero-order valence-electron chi connectivity index (χ0n) is 21.6. The Balaban J connectivity index is 1.47. The molecule has 11 nitrogen and oxygen atoms in total. The van der Waals surface area contributed by atoms with Gasteiger partial charge in [-0.15, -0.1) is 0 Å². The van der Waals surface area contributed by atoms with E-state index in [2.05, 4.69) is 25.9 Å². The van der Waals surface area contributed by atoms with Crippen LogP contribution in [0.25, 0.3) is 16.9 Å². The minimum absolute atomic E-state index is 0.0164. The highest BCUT2D eigenvalue weighted by Gasteiger charge is 2.19. The molecule has 0 atom stereocenters. The lowest BCUT2D eigenvalue weighted by molar-refractivity contribution is 0.141. The van der Waals surface area contributed by atoms with E-state index < -0.39 is 24.3 Å². The fraction of sp³-hybridized carbons (Fsp3) is 0.259. The minimum Gasteiger partial charge on any atom is -0.476 e. The van der Waals surface area contributed by atoms with Gasteiger partial charge in [-0.1, -0.05) is 6.92 Å². The summed E-state index contributed by atoms with van der Waals surface area (Å²) in [5.74, 6) is -2.21. The zero-order chi connectivity index (χ0) is 28.5. The number of rotatable bonds is 13. The Hall–Kier alpha value is -4.96. The molecule has 40 heavy (non-hydrogen) atoms. The number of ether oxygens (including phenoxy) is 2.